The molecule has 0 radical (unpaired) electrons. The number of aromatic hydroxyl groups is 1. The van der Waals surface area contributed by atoms with Crippen molar-refractivity contribution in [2.24, 2.45) is 0 Å². The van der Waals surface area contributed by atoms with E-state index in [2.05, 4.69) is 24.5 Å². The van der Waals surface area contributed by atoms with E-state index < -0.39 is 0 Å². The highest BCUT2D eigenvalue weighted by atomic mass is 16.5. The number of phenols is 1. The van der Waals surface area contributed by atoms with E-state index >= 15 is 0 Å². The number of methoxy groups -OCH3 is 2. The lowest BCUT2D eigenvalue weighted by molar-refractivity contribution is 0.0952. The van der Waals surface area contributed by atoms with Crippen LogP contribution in [0.4, 0.5) is 0 Å². The smallest absolute Gasteiger partial charge is 0.255 e. The van der Waals surface area contributed by atoms with E-state index in [4.69, 9.17) is 9.47 Å². The molecule has 0 unspecified atom stereocenters. The van der Waals surface area contributed by atoms with Gasteiger partial charge in [0, 0.05) is 12.6 Å². The molecule has 0 saturated carbocycles. The second-order valence-electron chi connectivity index (χ2n) is 4.04. The van der Waals surface area contributed by atoms with Crippen LogP contribution in [0.1, 0.15) is 31.1 Å². The molecule has 0 fully saturated rings. The second-order valence-corrected chi connectivity index (χ2v) is 4.04. The van der Waals surface area contributed by atoms with Crippen molar-refractivity contribution < 1.29 is 19.4 Å². The minimum Gasteiger partial charge on any atom is -0.504 e. The number of phenolic OH excluding ortho intramolecular Hbond substituents is 1. The van der Waals surface area contributed by atoms with Crippen molar-refractivity contribution in [3.63, 3.8) is 0 Å². The lowest BCUT2D eigenvalue weighted by Gasteiger charge is -2.11. The van der Waals surface area contributed by atoms with E-state index in [0.29, 0.717) is 12.3 Å². The number of benzene rings is 1. The topological polar surface area (TPSA) is 79.8 Å². The third-order valence-electron chi connectivity index (χ3n) is 2.59. The van der Waals surface area contributed by atoms with Crippen LogP contribution in [-0.2, 0) is 0 Å². The summed E-state index contributed by atoms with van der Waals surface area (Å²) >= 11 is 0. The monoisotopic (exact) mass is 298 g/mol. The highest BCUT2D eigenvalue weighted by molar-refractivity contribution is 5.98. The summed E-state index contributed by atoms with van der Waals surface area (Å²) < 4.78 is 9.96. The van der Waals surface area contributed by atoms with E-state index in [1.165, 1.54) is 26.4 Å². The van der Waals surface area contributed by atoms with Crippen LogP contribution in [0.2, 0.25) is 0 Å². The number of hydrogen-bond donors (Lipinski definition) is 3. The molecule has 1 amide bonds. The van der Waals surface area contributed by atoms with Crippen molar-refractivity contribution in [3.8, 4) is 17.2 Å². The molecule has 0 aliphatic rings. The molecular formula is C15H26N2O4. The third-order valence-corrected chi connectivity index (χ3v) is 2.59. The van der Waals surface area contributed by atoms with Gasteiger partial charge in [0.05, 0.1) is 19.8 Å². The summed E-state index contributed by atoms with van der Waals surface area (Å²) in [5, 5.41) is 15.5. The molecule has 3 N–H and O–H groups in total. The van der Waals surface area contributed by atoms with Gasteiger partial charge in [-0.3, -0.25) is 4.79 Å². The Morgan fingerprint density at radius 2 is 1.71 bits per heavy atom. The molecule has 6 heteroatoms. The predicted octanol–water partition coefficient (Wildman–Crippen LogP) is 1.77. The first-order valence-corrected chi connectivity index (χ1v) is 6.99. The van der Waals surface area contributed by atoms with E-state index in [-0.39, 0.29) is 23.0 Å². The van der Waals surface area contributed by atoms with Gasteiger partial charge in [0.25, 0.3) is 5.91 Å². The maximum Gasteiger partial charge on any atom is 0.255 e. The van der Waals surface area contributed by atoms with Crippen molar-refractivity contribution >= 4 is 5.91 Å². The summed E-state index contributed by atoms with van der Waals surface area (Å²) in [4.78, 5) is 11.6. The van der Waals surface area contributed by atoms with E-state index in [9.17, 15) is 9.90 Å². The Morgan fingerprint density at radius 1 is 1.10 bits per heavy atom. The van der Waals surface area contributed by atoms with E-state index in [1.807, 2.05) is 0 Å². The van der Waals surface area contributed by atoms with Gasteiger partial charge in [-0.1, -0.05) is 13.8 Å². The first-order chi connectivity index (χ1) is 10.0. The maximum atomic E-state index is 11.6. The normalized spacial score (nSPS) is 9.38. The predicted molar refractivity (Wildman–Crippen MR) is 83.4 cm³/mol. The zero-order valence-corrected chi connectivity index (χ0v) is 13.4. The molecule has 1 aromatic carbocycles. The Balaban J connectivity index is 0.000000690. The van der Waals surface area contributed by atoms with Crippen LogP contribution in [0.15, 0.2) is 12.1 Å². The summed E-state index contributed by atoms with van der Waals surface area (Å²) in [6, 6.07) is 2.97. The van der Waals surface area contributed by atoms with Gasteiger partial charge >= 0.3 is 0 Å². The molecule has 21 heavy (non-hydrogen) atoms. The highest BCUT2D eigenvalue weighted by Gasteiger charge is 2.16. The lowest BCUT2D eigenvalue weighted by atomic mass is 10.1. The zero-order valence-electron chi connectivity index (χ0n) is 13.4. The van der Waals surface area contributed by atoms with Crippen molar-refractivity contribution in [2.45, 2.75) is 20.8 Å². The molecular weight excluding hydrogens is 272 g/mol. The molecule has 6 nitrogen and oxygen atoms in total. The fraction of sp³-hybridized carbons (Fsp3) is 0.533. The molecule has 0 aromatic heterocycles. The standard InChI is InChI=1S/C11H15NO4.C4H11N/c1-4-12-11(14)8-5-7(15-2)6-9(16-3)10(8)13;1-3-5-4-2/h5-6,13H,4H2,1-3H3,(H,12,14);5H,3-4H2,1-2H3. The minimum atomic E-state index is -0.364. The Morgan fingerprint density at radius 3 is 2.10 bits per heavy atom. The molecule has 0 heterocycles. The molecule has 0 spiro atoms. The van der Waals surface area contributed by atoms with Crippen molar-refractivity contribution in [3.05, 3.63) is 17.7 Å². The summed E-state index contributed by atoms with van der Waals surface area (Å²) in [5.41, 5.74) is 0.137. The molecule has 120 valence electrons. The van der Waals surface area contributed by atoms with Crippen LogP contribution in [0, 0.1) is 0 Å². The first-order valence-electron chi connectivity index (χ1n) is 6.99. The minimum absolute atomic E-state index is 0.137. The lowest BCUT2D eigenvalue weighted by Crippen LogP contribution is -2.22. The summed E-state index contributed by atoms with van der Waals surface area (Å²) in [7, 11) is 2.89. The van der Waals surface area contributed by atoms with E-state index in [0.717, 1.165) is 13.1 Å². The van der Waals surface area contributed by atoms with Gasteiger partial charge in [-0.25, -0.2) is 0 Å². The SMILES string of the molecule is CCNC(=O)c1cc(OC)cc(OC)c1O.CCNCC. The van der Waals surface area contributed by atoms with Gasteiger partial charge in [0.2, 0.25) is 0 Å². The number of hydrogen-bond acceptors (Lipinski definition) is 5. The van der Waals surface area contributed by atoms with Crippen LogP contribution < -0.4 is 20.1 Å². The van der Waals surface area contributed by atoms with Crippen LogP contribution in [0.25, 0.3) is 0 Å². The molecule has 0 atom stereocenters. The Labute approximate surface area is 126 Å². The molecule has 0 aliphatic heterocycles. The van der Waals surface area contributed by atoms with E-state index in [1.54, 1.807) is 6.92 Å². The number of ether oxygens (including phenoxy) is 2. The Hall–Kier alpha value is -1.95. The van der Waals surface area contributed by atoms with Crippen LogP contribution in [0.5, 0.6) is 17.2 Å². The number of nitrogens with one attached hydrogen (secondary N) is 2. The number of rotatable bonds is 6. The van der Waals surface area contributed by atoms with Gasteiger partial charge in [-0.05, 0) is 26.1 Å². The molecule has 1 rings (SSSR count). The van der Waals surface area contributed by atoms with Gasteiger partial charge in [-0.15, -0.1) is 0 Å². The zero-order chi connectivity index (χ0) is 16.3. The average Bonchev–Trinajstić information content (AvgIpc) is 2.49. The number of carbonyl (C=O) groups excluding carboxylic acids is 1. The van der Waals surface area contributed by atoms with Gasteiger partial charge < -0.3 is 25.2 Å². The van der Waals surface area contributed by atoms with Gasteiger partial charge in [-0.2, -0.15) is 0 Å². The number of carbonyl (C=O) groups is 1. The fourth-order valence-corrected chi connectivity index (χ4v) is 1.53. The summed E-state index contributed by atoms with van der Waals surface area (Å²) in [6.07, 6.45) is 0. The maximum absolute atomic E-state index is 11.6. The molecule has 0 aliphatic carbocycles. The van der Waals surface area contributed by atoms with Crippen LogP contribution in [-0.4, -0.2) is 44.9 Å². The average molecular weight is 298 g/mol. The van der Waals surface area contributed by atoms with Crippen LogP contribution >= 0.6 is 0 Å². The molecule has 0 bridgehead atoms. The largest absolute Gasteiger partial charge is 0.504 e. The number of amides is 1. The first kappa shape index (κ1) is 19.1. The highest BCUT2D eigenvalue weighted by Crippen LogP contribution is 2.34. The Kier molecular flexibility index (Phi) is 9.79. The van der Waals surface area contributed by atoms with Crippen LogP contribution in [0.3, 0.4) is 0 Å². The van der Waals surface area contributed by atoms with Gasteiger partial charge in [0.1, 0.15) is 5.75 Å². The van der Waals surface area contributed by atoms with Crippen molar-refractivity contribution in [1.29, 1.82) is 0 Å². The van der Waals surface area contributed by atoms with Crippen molar-refractivity contribution in [2.75, 3.05) is 33.9 Å². The third kappa shape index (κ3) is 6.35. The summed E-state index contributed by atoms with van der Waals surface area (Å²) in [6.45, 7) is 8.67. The fourth-order valence-electron chi connectivity index (χ4n) is 1.53. The van der Waals surface area contributed by atoms with Gasteiger partial charge in [0.15, 0.2) is 11.5 Å². The molecule has 1 aromatic rings. The second kappa shape index (κ2) is 10.8. The van der Waals surface area contributed by atoms with Crippen molar-refractivity contribution in [1.82, 2.24) is 10.6 Å². The molecule has 0 saturated heterocycles. The summed E-state index contributed by atoms with van der Waals surface area (Å²) in [5.74, 6) is 0.114. The Bertz CT molecular complexity index is 434. The quantitative estimate of drug-likeness (QED) is 0.746.